The molecule has 2 heterocycles. The number of amides is 1. The van der Waals surface area contributed by atoms with Crippen LogP contribution in [0.15, 0.2) is 47.3 Å². The highest BCUT2D eigenvalue weighted by atomic mass is 16.5. The number of rotatable bonds is 5. The Hall–Kier alpha value is -3.35. The molecule has 0 spiro atoms. The number of nitrogens with zero attached hydrogens (tertiary/aromatic N) is 1. The normalized spacial score (nSPS) is 14.4. The number of fused-ring (bicyclic) bond motifs is 2. The van der Waals surface area contributed by atoms with Crippen LogP contribution in [0, 0.1) is 5.92 Å². The monoisotopic (exact) mass is 407 g/mol. The minimum Gasteiger partial charge on any atom is -0.490 e. The van der Waals surface area contributed by atoms with Crippen molar-refractivity contribution in [3.63, 3.8) is 0 Å². The first-order valence-corrected chi connectivity index (χ1v) is 10.2. The topological polar surface area (TPSA) is 93.3 Å². The zero-order valence-corrected chi connectivity index (χ0v) is 17.1. The Labute approximate surface area is 174 Å². The van der Waals surface area contributed by atoms with E-state index in [1.807, 2.05) is 30.3 Å². The van der Waals surface area contributed by atoms with Crippen LogP contribution < -0.4 is 20.3 Å². The molecule has 156 valence electrons. The van der Waals surface area contributed by atoms with Gasteiger partial charge in [0.05, 0.1) is 36.8 Å². The maximum Gasteiger partial charge on any atom is 0.272 e. The SMILES string of the molecule is CC(C)[C@H](NC(=O)Cc1n[nH]c(=O)c2ccccc12)c1ccc2c(c1)OCCCO2. The van der Waals surface area contributed by atoms with E-state index in [2.05, 4.69) is 29.4 Å². The van der Waals surface area contributed by atoms with Crippen LogP contribution in [0.3, 0.4) is 0 Å². The van der Waals surface area contributed by atoms with E-state index >= 15 is 0 Å². The van der Waals surface area contributed by atoms with Gasteiger partial charge in [0.2, 0.25) is 5.91 Å². The second-order valence-corrected chi connectivity index (χ2v) is 7.77. The fourth-order valence-corrected chi connectivity index (χ4v) is 3.69. The Bertz CT molecular complexity index is 1120. The van der Waals surface area contributed by atoms with Crippen LogP contribution in [-0.4, -0.2) is 29.3 Å². The van der Waals surface area contributed by atoms with E-state index in [4.69, 9.17) is 9.47 Å². The number of carbonyl (C=O) groups is 1. The molecule has 0 radical (unpaired) electrons. The molecule has 7 heteroatoms. The third-order valence-corrected chi connectivity index (χ3v) is 5.22. The summed E-state index contributed by atoms with van der Waals surface area (Å²) in [7, 11) is 0. The summed E-state index contributed by atoms with van der Waals surface area (Å²) in [5.74, 6) is 1.44. The van der Waals surface area contributed by atoms with Crippen LogP contribution in [0.5, 0.6) is 11.5 Å². The number of aromatic nitrogens is 2. The van der Waals surface area contributed by atoms with Crippen molar-refractivity contribution < 1.29 is 14.3 Å². The molecule has 1 amide bonds. The summed E-state index contributed by atoms with van der Waals surface area (Å²) < 4.78 is 11.5. The number of ether oxygens (including phenoxy) is 2. The lowest BCUT2D eigenvalue weighted by Crippen LogP contribution is -2.33. The van der Waals surface area contributed by atoms with Gasteiger partial charge < -0.3 is 14.8 Å². The molecule has 1 aromatic heterocycles. The van der Waals surface area contributed by atoms with Gasteiger partial charge in [0.1, 0.15) is 0 Å². The highest BCUT2D eigenvalue weighted by molar-refractivity contribution is 5.88. The fourth-order valence-electron chi connectivity index (χ4n) is 3.69. The second-order valence-electron chi connectivity index (χ2n) is 7.77. The number of hydrogen-bond donors (Lipinski definition) is 2. The molecular formula is C23H25N3O4. The molecule has 0 unspecified atom stereocenters. The summed E-state index contributed by atoms with van der Waals surface area (Å²) in [6.07, 6.45) is 0.916. The average Bonchev–Trinajstić information content (AvgIpc) is 2.99. The molecule has 30 heavy (non-hydrogen) atoms. The van der Waals surface area contributed by atoms with Crippen molar-refractivity contribution in [3.8, 4) is 11.5 Å². The summed E-state index contributed by atoms with van der Waals surface area (Å²) >= 11 is 0. The molecule has 1 aliphatic rings. The summed E-state index contributed by atoms with van der Waals surface area (Å²) in [6, 6.07) is 12.8. The van der Waals surface area contributed by atoms with Gasteiger partial charge in [-0.2, -0.15) is 5.10 Å². The molecule has 0 fully saturated rings. The Morgan fingerprint density at radius 2 is 1.83 bits per heavy atom. The smallest absolute Gasteiger partial charge is 0.272 e. The van der Waals surface area contributed by atoms with E-state index in [1.165, 1.54) is 0 Å². The summed E-state index contributed by atoms with van der Waals surface area (Å²) in [4.78, 5) is 24.8. The molecule has 4 rings (SSSR count). The molecule has 0 saturated carbocycles. The van der Waals surface area contributed by atoms with Gasteiger partial charge in [-0.05, 0) is 29.7 Å². The Balaban J connectivity index is 1.56. The van der Waals surface area contributed by atoms with Crippen LogP contribution in [0.2, 0.25) is 0 Å². The van der Waals surface area contributed by atoms with E-state index < -0.39 is 0 Å². The highest BCUT2D eigenvalue weighted by Crippen LogP contribution is 2.34. The Morgan fingerprint density at radius 1 is 1.10 bits per heavy atom. The molecule has 2 aromatic carbocycles. The van der Waals surface area contributed by atoms with E-state index in [9.17, 15) is 9.59 Å². The number of hydrogen-bond acceptors (Lipinski definition) is 5. The number of H-pyrrole nitrogens is 1. The third-order valence-electron chi connectivity index (χ3n) is 5.22. The first kappa shape index (κ1) is 19.9. The maximum atomic E-state index is 12.9. The van der Waals surface area contributed by atoms with Crippen molar-refractivity contribution in [1.29, 1.82) is 0 Å². The van der Waals surface area contributed by atoms with Gasteiger partial charge >= 0.3 is 0 Å². The van der Waals surface area contributed by atoms with Crippen molar-refractivity contribution in [1.82, 2.24) is 15.5 Å². The van der Waals surface area contributed by atoms with Gasteiger partial charge in [0.25, 0.3) is 5.56 Å². The standard InChI is InChI=1S/C23H25N3O4/c1-14(2)22(15-8-9-19-20(12-15)30-11-5-10-29-19)24-21(27)13-18-16-6-3-4-7-17(16)23(28)26-25-18/h3-4,6-9,12,14,22H,5,10-11,13H2,1-2H3,(H,24,27)(H,26,28)/t22-/m0/s1. The molecule has 0 saturated heterocycles. The van der Waals surface area contributed by atoms with Crippen LogP contribution in [0.1, 0.15) is 37.6 Å². The van der Waals surface area contributed by atoms with E-state index in [-0.39, 0.29) is 29.8 Å². The number of aromatic amines is 1. The lowest BCUT2D eigenvalue weighted by atomic mass is 9.95. The van der Waals surface area contributed by atoms with Crippen LogP contribution >= 0.6 is 0 Å². The zero-order valence-electron chi connectivity index (χ0n) is 17.1. The minimum atomic E-state index is -0.262. The molecule has 0 aliphatic carbocycles. The van der Waals surface area contributed by atoms with Crippen LogP contribution in [0.25, 0.3) is 10.8 Å². The Morgan fingerprint density at radius 3 is 2.60 bits per heavy atom. The zero-order chi connectivity index (χ0) is 21.1. The largest absolute Gasteiger partial charge is 0.490 e. The van der Waals surface area contributed by atoms with Gasteiger partial charge in [-0.25, -0.2) is 5.10 Å². The first-order chi connectivity index (χ1) is 14.5. The predicted octanol–water partition coefficient (Wildman–Crippen LogP) is 3.14. The lowest BCUT2D eigenvalue weighted by molar-refractivity contribution is -0.121. The van der Waals surface area contributed by atoms with E-state index in [0.717, 1.165) is 17.7 Å². The third kappa shape index (κ3) is 4.15. The number of carbonyl (C=O) groups excluding carboxylic acids is 1. The molecule has 7 nitrogen and oxygen atoms in total. The molecule has 1 aliphatic heterocycles. The molecule has 0 bridgehead atoms. The predicted molar refractivity (Wildman–Crippen MR) is 114 cm³/mol. The van der Waals surface area contributed by atoms with Crippen molar-refractivity contribution in [3.05, 3.63) is 64.1 Å². The van der Waals surface area contributed by atoms with Crippen molar-refractivity contribution in [2.75, 3.05) is 13.2 Å². The van der Waals surface area contributed by atoms with Gasteiger partial charge in [-0.1, -0.05) is 38.1 Å². The van der Waals surface area contributed by atoms with Crippen molar-refractivity contribution >= 4 is 16.7 Å². The van der Waals surface area contributed by atoms with Crippen molar-refractivity contribution in [2.45, 2.75) is 32.7 Å². The number of benzene rings is 2. The fraction of sp³-hybridized carbons (Fsp3) is 0.348. The number of nitrogens with one attached hydrogen (secondary N) is 2. The highest BCUT2D eigenvalue weighted by Gasteiger charge is 2.22. The van der Waals surface area contributed by atoms with Gasteiger partial charge in [0.15, 0.2) is 11.5 Å². The van der Waals surface area contributed by atoms with Gasteiger partial charge in [0, 0.05) is 11.8 Å². The summed E-state index contributed by atoms with van der Waals surface area (Å²) in [6.45, 7) is 5.36. The summed E-state index contributed by atoms with van der Waals surface area (Å²) in [5, 5.41) is 10.9. The molecule has 2 N–H and O–H groups in total. The quantitative estimate of drug-likeness (QED) is 0.678. The van der Waals surface area contributed by atoms with E-state index in [0.29, 0.717) is 35.4 Å². The van der Waals surface area contributed by atoms with Gasteiger partial charge in [-0.3, -0.25) is 9.59 Å². The average molecular weight is 407 g/mol. The molecular weight excluding hydrogens is 382 g/mol. The van der Waals surface area contributed by atoms with Crippen molar-refractivity contribution in [2.24, 2.45) is 5.92 Å². The van der Waals surface area contributed by atoms with Gasteiger partial charge in [-0.15, -0.1) is 0 Å². The second kappa shape index (κ2) is 8.57. The van der Waals surface area contributed by atoms with Crippen LogP contribution in [0.4, 0.5) is 0 Å². The lowest BCUT2D eigenvalue weighted by Gasteiger charge is -2.24. The van der Waals surface area contributed by atoms with E-state index in [1.54, 1.807) is 12.1 Å². The summed E-state index contributed by atoms with van der Waals surface area (Å²) in [5.41, 5.74) is 1.24. The first-order valence-electron chi connectivity index (χ1n) is 10.2. The maximum absolute atomic E-state index is 12.9. The molecule has 3 aromatic rings. The molecule has 1 atom stereocenters. The van der Waals surface area contributed by atoms with Crippen LogP contribution in [-0.2, 0) is 11.2 Å². The Kier molecular flexibility index (Phi) is 5.70. The minimum absolute atomic E-state index is 0.0745.